The third-order valence-electron chi connectivity index (χ3n) is 1.60. The topological polar surface area (TPSA) is 12.9 Å². The molecule has 1 aromatic carbocycles. The molecule has 0 unspecified atom stereocenters. The van der Waals surface area contributed by atoms with E-state index >= 15 is 0 Å². The molecule has 0 spiro atoms. The van der Waals surface area contributed by atoms with Gasteiger partial charge < -0.3 is 0 Å². The molecule has 0 N–H and O–H groups in total. The number of nitrogens with zero attached hydrogens (tertiary/aromatic N) is 1. The van der Waals surface area contributed by atoms with E-state index in [1.807, 2.05) is 0 Å². The zero-order chi connectivity index (χ0) is 9.26. The maximum absolute atomic E-state index is 13.2. The van der Waals surface area contributed by atoms with Gasteiger partial charge in [0.1, 0.15) is 15.9 Å². The van der Waals surface area contributed by atoms with Crippen LogP contribution >= 0.6 is 24.0 Å². The molecule has 1 nitrogen and oxygen atoms in total. The molecule has 0 aliphatic rings. The van der Waals surface area contributed by atoms with Crippen LogP contribution in [0.1, 0.15) is 0 Å². The molecule has 0 saturated carbocycles. The second-order valence-corrected chi connectivity index (χ2v) is 3.81. The van der Waals surface area contributed by atoms with E-state index in [2.05, 4.69) is 17.6 Å². The van der Waals surface area contributed by atoms with E-state index in [0.717, 1.165) is 0 Å². The summed E-state index contributed by atoms with van der Waals surface area (Å²) in [5, 5.41) is 3.08. The van der Waals surface area contributed by atoms with Gasteiger partial charge in [0.15, 0.2) is 0 Å². The molecule has 1 aromatic heterocycles. The monoisotopic (exact) mass is 211 g/mol. The Kier molecular flexibility index (Phi) is 2.33. The van der Waals surface area contributed by atoms with Gasteiger partial charge in [-0.3, -0.25) is 0 Å². The van der Waals surface area contributed by atoms with Crippen molar-refractivity contribution in [3.8, 4) is 10.6 Å². The lowest BCUT2D eigenvalue weighted by Gasteiger charge is -1.96. The molecule has 13 heavy (non-hydrogen) atoms. The van der Waals surface area contributed by atoms with Crippen LogP contribution in [0, 0.1) is 5.82 Å². The number of hydrogen-bond donors (Lipinski definition) is 1. The lowest BCUT2D eigenvalue weighted by atomic mass is 10.2. The summed E-state index contributed by atoms with van der Waals surface area (Å²) < 4.78 is 13.2. The number of thiol groups is 1. The van der Waals surface area contributed by atoms with Gasteiger partial charge in [-0.05, 0) is 12.1 Å². The molecule has 66 valence electrons. The number of halogens is 1. The van der Waals surface area contributed by atoms with E-state index in [0.29, 0.717) is 15.6 Å². The zero-order valence-corrected chi connectivity index (χ0v) is 8.28. The third-order valence-corrected chi connectivity index (χ3v) is 2.88. The van der Waals surface area contributed by atoms with Crippen molar-refractivity contribution in [1.82, 2.24) is 4.98 Å². The molecular weight excluding hydrogens is 205 g/mol. The first-order chi connectivity index (χ1) is 6.27. The van der Waals surface area contributed by atoms with Gasteiger partial charge in [0.2, 0.25) is 0 Å². The quantitative estimate of drug-likeness (QED) is 0.714. The van der Waals surface area contributed by atoms with Gasteiger partial charge in [0, 0.05) is 10.9 Å². The van der Waals surface area contributed by atoms with Crippen LogP contribution in [-0.4, -0.2) is 4.98 Å². The average Bonchev–Trinajstić information content (AvgIpc) is 2.53. The fourth-order valence-corrected chi connectivity index (χ4v) is 2.06. The molecule has 0 aliphatic carbocycles. The van der Waals surface area contributed by atoms with Crippen LogP contribution in [0.4, 0.5) is 4.39 Å². The van der Waals surface area contributed by atoms with Crippen molar-refractivity contribution in [2.75, 3.05) is 0 Å². The summed E-state index contributed by atoms with van der Waals surface area (Å²) in [7, 11) is 0. The van der Waals surface area contributed by atoms with Crippen molar-refractivity contribution >= 4 is 24.0 Å². The van der Waals surface area contributed by atoms with Gasteiger partial charge >= 0.3 is 0 Å². The highest BCUT2D eigenvalue weighted by atomic mass is 32.1. The first-order valence-corrected chi connectivity index (χ1v) is 4.99. The molecular formula is C9H6FNS2. The Morgan fingerprint density at radius 3 is 2.69 bits per heavy atom. The summed E-state index contributed by atoms with van der Waals surface area (Å²) in [5.74, 6) is -0.245. The lowest BCUT2D eigenvalue weighted by Crippen LogP contribution is -1.81. The number of aromatic nitrogens is 1. The molecule has 0 fully saturated rings. The highest BCUT2D eigenvalue weighted by Gasteiger charge is 2.06. The highest BCUT2D eigenvalue weighted by Crippen LogP contribution is 2.26. The van der Waals surface area contributed by atoms with Gasteiger partial charge in [0.05, 0.1) is 0 Å². The Hall–Kier alpha value is -0.870. The summed E-state index contributed by atoms with van der Waals surface area (Å²) in [6, 6.07) is 6.59. The molecule has 0 aliphatic heterocycles. The van der Waals surface area contributed by atoms with Crippen LogP contribution < -0.4 is 0 Å². The SMILES string of the molecule is Fc1ccccc1-c1nc(S)cs1. The van der Waals surface area contributed by atoms with Crippen LogP contribution in [0.3, 0.4) is 0 Å². The predicted octanol–water partition coefficient (Wildman–Crippen LogP) is 3.24. The number of rotatable bonds is 1. The average molecular weight is 211 g/mol. The molecule has 2 rings (SSSR count). The normalized spacial score (nSPS) is 10.3. The minimum atomic E-state index is -0.245. The van der Waals surface area contributed by atoms with Crippen LogP contribution in [0.15, 0.2) is 34.7 Å². The summed E-state index contributed by atoms with van der Waals surface area (Å²) in [6.07, 6.45) is 0. The van der Waals surface area contributed by atoms with E-state index in [-0.39, 0.29) is 5.82 Å². The summed E-state index contributed by atoms with van der Waals surface area (Å²) in [6.45, 7) is 0. The third kappa shape index (κ3) is 1.73. The standard InChI is InChI=1S/C9H6FNS2/c10-7-4-2-1-3-6(7)9-11-8(12)5-13-9/h1-5,12H. The number of thiazole rings is 1. The van der Waals surface area contributed by atoms with Gasteiger partial charge in [-0.2, -0.15) is 0 Å². The molecule has 0 saturated heterocycles. The summed E-state index contributed by atoms with van der Waals surface area (Å²) in [5.41, 5.74) is 0.535. The Morgan fingerprint density at radius 2 is 2.08 bits per heavy atom. The van der Waals surface area contributed by atoms with E-state index in [1.54, 1.807) is 23.6 Å². The van der Waals surface area contributed by atoms with Crippen molar-refractivity contribution in [1.29, 1.82) is 0 Å². The zero-order valence-electron chi connectivity index (χ0n) is 6.57. The van der Waals surface area contributed by atoms with Crippen molar-refractivity contribution in [2.24, 2.45) is 0 Å². The molecule has 4 heteroatoms. The van der Waals surface area contributed by atoms with Gasteiger partial charge in [-0.15, -0.1) is 24.0 Å². The van der Waals surface area contributed by atoms with E-state index in [1.165, 1.54) is 17.4 Å². The summed E-state index contributed by atoms with van der Waals surface area (Å²) >= 11 is 5.46. The molecule has 0 bridgehead atoms. The largest absolute Gasteiger partial charge is 0.230 e. The number of benzene rings is 1. The van der Waals surface area contributed by atoms with Gasteiger partial charge in [-0.1, -0.05) is 12.1 Å². The summed E-state index contributed by atoms with van der Waals surface area (Å²) in [4.78, 5) is 4.08. The minimum absolute atomic E-state index is 0.245. The maximum Gasteiger partial charge on any atom is 0.133 e. The van der Waals surface area contributed by atoms with Crippen molar-refractivity contribution in [3.05, 3.63) is 35.5 Å². The molecule has 0 atom stereocenters. The first-order valence-electron chi connectivity index (χ1n) is 3.67. The van der Waals surface area contributed by atoms with E-state index in [9.17, 15) is 4.39 Å². The molecule has 2 aromatic rings. The van der Waals surface area contributed by atoms with Crippen LogP contribution in [0.2, 0.25) is 0 Å². The Bertz CT molecular complexity index is 425. The Morgan fingerprint density at radius 1 is 1.31 bits per heavy atom. The Labute approximate surface area is 84.7 Å². The first kappa shape index (κ1) is 8.72. The van der Waals surface area contributed by atoms with Gasteiger partial charge in [-0.25, -0.2) is 9.37 Å². The van der Waals surface area contributed by atoms with Crippen molar-refractivity contribution in [2.45, 2.75) is 5.03 Å². The van der Waals surface area contributed by atoms with E-state index < -0.39 is 0 Å². The maximum atomic E-state index is 13.2. The lowest BCUT2D eigenvalue weighted by molar-refractivity contribution is 0.631. The number of hydrogen-bond acceptors (Lipinski definition) is 3. The predicted molar refractivity (Wildman–Crippen MR) is 54.8 cm³/mol. The van der Waals surface area contributed by atoms with Crippen LogP contribution in [-0.2, 0) is 0 Å². The highest BCUT2D eigenvalue weighted by molar-refractivity contribution is 7.80. The molecule has 1 heterocycles. The second-order valence-electron chi connectivity index (χ2n) is 2.49. The van der Waals surface area contributed by atoms with Crippen molar-refractivity contribution < 1.29 is 4.39 Å². The molecule has 0 radical (unpaired) electrons. The fraction of sp³-hybridized carbons (Fsp3) is 0. The van der Waals surface area contributed by atoms with Gasteiger partial charge in [0.25, 0.3) is 0 Å². The fourth-order valence-electron chi connectivity index (χ4n) is 1.02. The minimum Gasteiger partial charge on any atom is -0.230 e. The Balaban J connectivity index is 2.52. The van der Waals surface area contributed by atoms with Crippen LogP contribution in [0.25, 0.3) is 10.6 Å². The van der Waals surface area contributed by atoms with E-state index in [4.69, 9.17) is 0 Å². The van der Waals surface area contributed by atoms with Crippen LogP contribution in [0.5, 0.6) is 0 Å². The smallest absolute Gasteiger partial charge is 0.133 e. The second kappa shape index (κ2) is 3.47. The molecule has 0 amide bonds. The van der Waals surface area contributed by atoms with Crippen molar-refractivity contribution in [3.63, 3.8) is 0 Å².